The minimum atomic E-state index is 0.201. The zero-order valence-electron chi connectivity index (χ0n) is 19.1. The molecule has 0 unspecified atom stereocenters. The first-order chi connectivity index (χ1) is 15.5. The van der Waals surface area contributed by atoms with Gasteiger partial charge in [-0.3, -0.25) is 9.91 Å². The number of hydrazine groups is 2. The van der Waals surface area contributed by atoms with Crippen molar-refractivity contribution in [3.8, 4) is 0 Å². The van der Waals surface area contributed by atoms with Crippen molar-refractivity contribution in [3.05, 3.63) is 76.0 Å². The van der Waals surface area contributed by atoms with Crippen LogP contribution in [-0.4, -0.2) is 35.6 Å². The first-order valence-corrected chi connectivity index (χ1v) is 12.0. The lowest BCUT2D eigenvalue weighted by Gasteiger charge is -2.30. The van der Waals surface area contributed by atoms with E-state index < -0.39 is 0 Å². The van der Waals surface area contributed by atoms with Crippen molar-refractivity contribution in [1.29, 1.82) is 0 Å². The summed E-state index contributed by atoms with van der Waals surface area (Å²) in [6, 6.07) is 15.8. The number of nitrogens with zero attached hydrogens (tertiary/aromatic N) is 2. The molecule has 2 aromatic rings. The van der Waals surface area contributed by atoms with Gasteiger partial charge >= 0.3 is 0 Å². The molecule has 0 spiro atoms. The topological polar surface area (TPSA) is 42.6 Å². The Morgan fingerprint density at radius 3 is 2.75 bits per heavy atom. The van der Waals surface area contributed by atoms with Gasteiger partial charge in [0, 0.05) is 41.9 Å². The van der Waals surface area contributed by atoms with E-state index in [1.807, 2.05) is 18.2 Å². The Balaban J connectivity index is 1.53. The van der Waals surface area contributed by atoms with Crippen molar-refractivity contribution in [2.45, 2.75) is 45.7 Å². The highest BCUT2D eigenvalue weighted by Crippen LogP contribution is 2.39. The fraction of sp³-hybridized carbons (Fsp3) is 0.385. The normalized spacial score (nSPS) is 21.1. The second-order valence-corrected chi connectivity index (χ2v) is 9.66. The molecule has 0 saturated heterocycles. The van der Waals surface area contributed by atoms with Crippen molar-refractivity contribution in [1.82, 2.24) is 20.9 Å². The maximum absolute atomic E-state index is 6.27. The molecule has 6 heteroatoms. The van der Waals surface area contributed by atoms with Crippen LogP contribution in [0.2, 0.25) is 5.02 Å². The molecule has 32 heavy (non-hydrogen) atoms. The fourth-order valence-corrected chi connectivity index (χ4v) is 5.20. The lowest BCUT2D eigenvalue weighted by atomic mass is 9.90. The molecule has 0 aromatic heterocycles. The third kappa shape index (κ3) is 4.13. The Hall–Kier alpha value is -2.47. The van der Waals surface area contributed by atoms with Crippen molar-refractivity contribution in [3.63, 3.8) is 0 Å². The van der Waals surface area contributed by atoms with Crippen LogP contribution in [-0.2, 0) is 0 Å². The van der Waals surface area contributed by atoms with Gasteiger partial charge in [0.1, 0.15) is 0 Å². The summed E-state index contributed by atoms with van der Waals surface area (Å²) in [4.78, 5) is 2.53. The molecular formula is C26H32ClN5. The van der Waals surface area contributed by atoms with Gasteiger partial charge in [0.25, 0.3) is 0 Å². The number of allylic oxidation sites excluding steroid dienone is 1. The Kier molecular flexibility index (Phi) is 5.89. The molecule has 3 aliphatic heterocycles. The second-order valence-electron chi connectivity index (χ2n) is 9.23. The number of anilines is 1. The van der Waals surface area contributed by atoms with Crippen molar-refractivity contribution >= 4 is 28.6 Å². The van der Waals surface area contributed by atoms with Gasteiger partial charge in [-0.25, -0.2) is 0 Å². The maximum Gasteiger partial charge on any atom is 0.0814 e. The lowest BCUT2D eigenvalue weighted by molar-refractivity contribution is 0.245. The van der Waals surface area contributed by atoms with Gasteiger partial charge in [-0.15, -0.1) is 5.53 Å². The molecule has 0 aliphatic carbocycles. The first kappa shape index (κ1) is 21.4. The van der Waals surface area contributed by atoms with Gasteiger partial charge in [-0.05, 0) is 74.6 Å². The summed E-state index contributed by atoms with van der Waals surface area (Å²) in [5.74, 6) is 0. The third-order valence-corrected chi connectivity index (χ3v) is 7.07. The summed E-state index contributed by atoms with van der Waals surface area (Å²) in [5, 5.41) is 6.75. The zero-order chi connectivity index (χ0) is 22.2. The van der Waals surface area contributed by atoms with E-state index in [1.165, 1.54) is 28.0 Å². The third-order valence-electron chi connectivity index (χ3n) is 6.83. The molecule has 0 bridgehead atoms. The van der Waals surface area contributed by atoms with Gasteiger partial charge in [0.2, 0.25) is 0 Å². The highest BCUT2D eigenvalue weighted by molar-refractivity contribution is 6.30. The summed E-state index contributed by atoms with van der Waals surface area (Å²) in [7, 11) is 0. The number of halogens is 1. The molecule has 0 saturated carbocycles. The van der Waals surface area contributed by atoms with E-state index in [4.69, 9.17) is 11.6 Å². The van der Waals surface area contributed by atoms with Crippen LogP contribution in [0.4, 0.5) is 5.69 Å². The van der Waals surface area contributed by atoms with Gasteiger partial charge in [-0.2, -0.15) is 0 Å². The molecule has 0 radical (unpaired) electrons. The molecule has 0 fully saturated rings. The van der Waals surface area contributed by atoms with E-state index in [0.717, 1.165) is 48.9 Å². The van der Waals surface area contributed by atoms with Crippen molar-refractivity contribution in [2.75, 3.05) is 25.0 Å². The summed E-state index contributed by atoms with van der Waals surface area (Å²) >= 11 is 6.27. The second kappa shape index (κ2) is 8.81. The zero-order valence-corrected chi connectivity index (χ0v) is 19.8. The number of benzene rings is 2. The van der Waals surface area contributed by atoms with E-state index in [9.17, 15) is 0 Å². The van der Waals surface area contributed by atoms with Crippen LogP contribution in [0, 0.1) is 0 Å². The number of hydrogen-bond donors (Lipinski definition) is 3. The molecule has 5 rings (SSSR count). The fourth-order valence-electron chi connectivity index (χ4n) is 5.01. The number of fused-ring (bicyclic) bond motifs is 3. The molecule has 3 aliphatic rings. The SMILES string of the molecule is CC1=C2c3ccc(C4=CCN(C(C)C)CC4)cc3[C@@H](Nc3cccc(Cl)c3)CCN2NN1. The quantitative estimate of drug-likeness (QED) is 0.582. The summed E-state index contributed by atoms with van der Waals surface area (Å²) in [6.45, 7) is 9.75. The van der Waals surface area contributed by atoms with Gasteiger partial charge in [0.05, 0.1) is 17.4 Å². The Labute approximate surface area is 196 Å². The minimum Gasteiger partial charge on any atom is -0.378 e. The molecule has 1 atom stereocenters. The van der Waals surface area contributed by atoms with E-state index in [-0.39, 0.29) is 6.04 Å². The number of rotatable bonds is 4. The summed E-state index contributed by atoms with van der Waals surface area (Å²) < 4.78 is 0. The summed E-state index contributed by atoms with van der Waals surface area (Å²) in [5.41, 5.74) is 15.5. The van der Waals surface area contributed by atoms with E-state index in [2.05, 4.69) is 77.3 Å². The highest BCUT2D eigenvalue weighted by atomic mass is 35.5. The average Bonchev–Trinajstić information content (AvgIpc) is 3.08. The largest absolute Gasteiger partial charge is 0.378 e. The molecule has 3 heterocycles. The monoisotopic (exact) mass is 449 g/mol. The first-order valence-electron chi connectivity index (χ1n) is 11.6. The number of hydrogen-bond acceptors (Lipinski definition) is 5. The maximum atomic E-state index is 6.27. The molecule has 2 aromatic carbocycles. The Bertz CT molecular complexity index is 1070. The lowest BCUT2D eigenvalue weighted by Crippen LogP contribution is -2.37. The Morgan fingerprint density at radius 1 is 1.12 bits per heavy atom. The highest BCUT2D eigenvalue weighted by Gasteiger charge is 2.30. The standard InChI is InChI=1S/C26H32ClN5/c1-17(2)31-12-9-19(10-13-31)20-7-8-23-24(15-20)25(28-22-6-4-5-21(27)16-22)11-14-32-26(23)18(3)29-30-32/h4-9,15-17,25,28-30H,10-14H2,1-3H3/t25-/m0/s1. The molecule has 0 amide bonds. The molecule has 3 N–H and O–H groups in total. The molecular weight excluding hydrogens is 418 g/mol. The Morgan fingerprint density at radius 2 is 2.00 bits per heavy atom. The predicted molar refractivity (Wildman–Crippen MR) is 134 cm³/mol. The van der Waals surface area contributed by atoms with Crippen LogP contribution in [0.3, 0.4) is 0 Å². The molecule has 168 valence electrons. The number of nitrogens with one attached hydrogen (secondary N) is 3. The van der Waals surface area contributed by atoms with Crippen LogP contribution in [0.25, 0.3) is 11.3 Å². The van der Waals surface area contributed by atoms with Crippen LogP contribution in [0.15, 0.2) is 54.2 Å². The van der Waals surface area contributed by atoms with Gasteiger partial charge < -0.3 is 10.7 Å². The smallest absolute Gasteiger partial charge is 0.0814 e. The van der Waals surface area contributed by atoms with Crippen molar-refractivity contribution in [2.24, 2.45) is 0 Å². The van der Waals surface area contributed by atoms with Crippen molar-refractivity contribution < 1.29 is 0 Å². The van der Waals surface area contributed by atoms with Crippen LogP contribution in [0.5, 0.6) is 0 Å². The van der Waals surface area contributed by atoms with Gasteiger partial charge in [-0.1, -0.05) is 35.9 Å². The van der Waals surface area contributed by atoms with Crippen LogP contribution < -0.4 is 16.3 Å². The van der Waals surface area contributed by atoms with E-state index in [1.54, 1.807) is 0 Å². The van der Waals surface area contributed by atoms with E-state index >= 15 is 0 Å². The summed E-state index contributed by atoms with van der Waals surface area (Å²) in [6.07, 6.45) is 4.49. The minimum absolute atomic E-state index is 0.201. The molecule has 5 nitrogen and oxygen atoms in total. The average molecular weight is 450 g/mol. The van der Waals surface area contributed by atoms with Crippen LogP contribution >= 0.6 is 11.6 Å². The van der Waals surface area contributed by atoms with E-state index in [0.29, 0.717) is 6.04 Å². The predicted octanol–water partition coefficient (Wildman–Crippen LogP) is 5.41. The van der Waals surface area contributed by atoms with Gasteiger partial charge in [0.15, 0.2) is 0 Å². The van der Waals surface area contributed by atoms with Crippen LogP contribution in [0.1, 0.15) is 56.3 Å².